The molecule has 1 unspecified atom stereocenters. The Balaban J connectivity index is 1.35. The molecule has 4 atom stereocenters. The van der Waals surface area contributed by atoms with E-state index in [0.29, 0.717) is 13.2 Å². The molecule has 1 heterocycles. The predicted octanol–water partition coefficient (Wildman–Crippen LogP) is 2.57. The molecule has 8 nitrogen and oxygen atoms in total. The molecule has 0 amide bonds. The average Bonchev–Trinajstić information content (AvgIpc) is 2.90. The number of methoxy groups -OCH3 is 2. The molecule has 1 aliphatic rings. The molecule has 8 heteroatoms. The van der Waals surface area contributed by atoms with E-state index in [1.54, 1.807) is 14.2 Å². The molecule has 1 aliphatic heterocycles. The number of rotatable bonds is 13. The molecule has 198 valence electrons. The minimum atomic E-state index is -1.21. The Morgan fingerprint density at radius 3 is 2.08 bits per heavy atom. The van der Waals surface area contributed by atoms with Gasteiger partial charge in [0.15, 0.2) is 0 Å². The van der Waals surface area contributed by atoms with Gasteiger partial charge in [0, 0.05) is 12.6 Å². The van der Waals surface area contributed by atoms with Crippen LogP contribution in [0.15, 0.2) is 42.5 Å². The number of benzene rings is 2. The summed E-state index contributed by atoms with van der Waals surface area (Å²) in [5, 5.41) is 39.3. The van der Waals surface area contributed by atoms with Gasteiger partial charge in [-0.2, -0.15) is 0 Å². The van der Waals surface area contributed by atoms with Crippen LogP contribution in [-0.2, 0) is 0 Å². The molecular formula is C28H39NO7. The van der Waals surface area contributed by atoms with Crippen molar-refractivity contribution in [1.29, 1.82) is 0 Å². The molecule has 2 aromatic carbocycles. The third-order valence-corrected chi connectivity index (χ3v) is 6.55. The van der Waals surface area contributed by atoms with Crippen molar-refractivity contribution in [3.05, 3.63) is 53.6 Å². The van der Waals surface area contributed by atoms with E-state index in [-0.39, 0.29) is 13.2 Å². The third kappa shape index (κ3) is 7.94. The van der Waals surface area contributed by atoms with Crippen molar-refractivity contribution in [3.63, 3.8) is 0 Å². The highest BCUT2D eigenvalue weighted by molar-refractivity contribution is 5.71. The van der Waals surface area contributed by atoms with Gasteiger partial charge >= 0.3 is 0 Å². The molecule has 1 saturated heterocycles. The summed E-state index contributed by atoms with van der Waals surface area (Å²) in [7, 11) is 3.27. The zero-order valence-electron chi connectivity index (χ0n) is 21.1. The Bertz CT molecular complexity index is 927. The number of aliphatic hydroxyl groups is 4. The van der Waals surface area contributed by atoms with Gasteiger partial charge in [-0.15, -0.1) is 0 Å². The van der Waals surface area contributed by atoms with Crippen LogP contribution in [0, 0.1) is 0 Å². The second kappa shape index (κ2) is 14.2. The van der Waals surface area contributed by atoms with E-state index < -0.39 is 24.4 Å². The lowest BCUT2D eigenvalue weighted by molar-refractivity contribution is -0.145. The zero-order chi connectivity index (χ0) is 25.9. The number of ether oxygens (including phenoxy) is 3. The van der Waals surface area contributed by atoms with Crippen LogP contribution in [0.4, 0.5) is 0 Å². The first-order valence-electron chi connectivity index (χ1n) is 12.5. The first-order valence-corrected chi connectivity index (χ1v) is 12.5. The summed E-state index contributed by atoms with van der Waals surface area (Å²) < 4.78 is 16.5. The van der Waals surface area contributed by atoms with E-state index in [2.05, 4.69) is 0 Å². The fraction of sp³-hybridized carbons (Fsp3) is 0.500. The van der Waals surface area contributed by atoms with E-state index >= 15 is 0 Å². The van der Waals surface area contributed by atoms with Gasteiger partial charge in [-0.05, 0) is 54.8 Å². The third-order valence-electron chi connectivity index (χ3n) is 6.55. The number of hydrogen-bond donors (Lipinski definition) is 4. The number of piperidine rings is 1. The molecule has 1 fully saturated rings. The summed E-state index contributed by atoms with van der Waals surface area (Å²) in [4.78, 5) is 1.86. The lowest BCUT2D eigenvalue weighted by atomic mass is 9.94. The Morgan fingerprint density at radius 1 is 0.806 bits per heavy atom. The van der Waals surface area contributed by atoms with E-state index in [4.69, 9.17) is 14.2 Å². The molecule has 0 spiro atoms. The number of hydrogen-bond acceptors (Lipinski definition) is 8. The van der Waals surface area contributed by atoms with E-state index in [0.717, 1.165) is 54.1 Å². The Kier molecular flexibility index (Phi) is 11.0. The van der Waals surface area contributed by atoms with Crippen LogP contribution in [0.1, 0.15) is 36.8 Å². The largest absolute Gasteiger partial charge is 0.497 e. The summed E-state index contributed by atoms with van der Waals surface area (Å²) in [5.41, 5.74) is 2.05. The molecular weight excluding hydrogens is 462 g/mol. The van der Waals surface area contributed by atoms with Crippen molar-refractivity contribution in [1.82, 2.24) is 4.90 Å². The first-order chi connectivity index (χ1) is 17.4. The van der Waals surface area contributed by atoms with Crippen LogP contribution in [0.2, 0.25) is 0 Å². The lowest BCUT2D eigenvalue weighted by Gasteiger charge is -2.43. The Morgan fingerprint density at radius 2 is 1.44 bits per heavy atom. The highest BCUT2D eigenvalue weighted by Gasteiger charge is 2.40. The minimum absolute atomic E-state index is 0.247. The maximum Gasteiger partial charge on any atom is 0.123 e. The van der Waals surface area contributed by atoms with Crippen molar-refractivity contribution in [2.75, 3.05) is 40.5 Å². The lowest BCUT2D eigenvalue weighted by Crippen LogP contribution is -2.62. The molecule has 36 heavy (non-hydrogen) atoms. The van der Waals surface area contributed by atoms with Gasteiger partial charge in [-0.3, -0.25) is 4.90 Å². The quantitative estimate of drug-likeness (QED) is 0.245. The van der Waals surface area contributed by atoms with E-state index in [1.807, 2.05) is 59.5 Å². The van der Waals surface area contributed by atoms with Crippen molar-refractivity contribution in [2.24, 2.45) is 0 Å². The SMILES string of the molecule is COc1cc(/C=C/c2ccc(OCCCCCCN3C[C@H](O)[C@@H](O)C(O)[C@H]3CO)cc2)cc(OC)c1. The Labute approximate surface area is 213 Å². The van der Waals surface area contributed by atoms with Gasteiger partial charge < -0.3 is 34.6 Å². The monoisotopic (exact) mass is 501 g/mol. The normalized spacial score (nSPS) is 22.6. The summed E-state index contributed by atoms with van der Waals surface area (Å²) in [6, 6.07) is 13.1. The van der Waals surface area contributed by atoms with Crippen molar-refractivity contribution < 1.29 is 34.6 Å². The van der Waals surface area contributed by atoms with Gasteiger partial charge in [-0.25, -0.2) is 0 Å². The molecule has 2 aromatic rings. The number of likely N-dealkylation sites (tertiary alicyclic amines) is 1. The van der Waals surface area contributed by atoms with Crippen LogP contribution in [-0.4, -0.2) is 90.2 Å². The predicted molar refractivity (Wildman–Crippen MR) is 139 cm³/mol. The smallest absolute Gasteiger partial charge is 0.123 e. The van der Waals surface area contributed by atoms with Gasteiger partial charge in [0.05, 0.1) is 39.6 Å². The van der Waals surface area contributed by atoms with Gasteiger partial charge in [0.25, 0.3) is 0 Å². The first kappa shape index (κ1) is 28.0. The van der Waals surface area contributed by atoms with Crippen molar-refractivity contribution in [3.8, 4) is 17.2 Å². The molecule has 0 radical (unpaired) electrons. The number of β-amino-alcohol motifs (C(OH)–C–C–N with tert-alkyl or cyclic N) is 1. The highest BCUT2D eigenvalue weighted by Crippen LogP contribution is 2.24. The van der Waals surface area contributed by atoms with Crippen LogP contribution in [0.5, 0.6) is 17.2 Å². The summed E-state index contributed by atoms with van der Waals surface area (Å²) in [6.45, 7) is 1.30. The minimum Gasteiger partial charge on any atom is -0.497 e. The summed E-state index contributed by atoms with van der Waals surface area (Å²) in [6.07, 6.45) is 4.47. The van der Waals surface area contributed by atoms with Crippen LogP contribution < -0.4 is 14.2 Å². The number of nitrogens with zero attached hydrogens (tertiary/aromatic N) is 1. The van der Waals surface area contributed by atoms with E-state index in [9.17, 15) is 20.4 Å². The molecule has 0 bridgehead atoms. The van der Waals surface area contributed by atoms with Crippen molar-refractivity contribution >= 4 is 12.2 Å². The molecule has 4 N–H and O–H groups in total. The Hall–Kier alpha value is -2.62. The maximum atomic E-state index is 10.1. The summed E-state index contributed by atoms with van der Waals surface area (Å²) in [5.74, 6) is 2.32. The number of unbranched alkanes of at least 4 members (excludes halogenated alkanes) is 3. The fourth-order valence-corrected chi connectivity index (χ4v) is 4.39. The van der Waals surface area contributed by atoms with Crippen LogP contribution in [0.25, 0.3) is 12.2 Å². The number of aliphatic hydroxyl groups excluding tert-OH is 4. The highest BCUT2D eigenvalue weighted by atomic mass is 16.5. The van der Waals surface area contributed by atoms with Gasteiger partial charge in [-0.1, -0.05) is 37.1 Å². The van der Waals surface area contributed by atoms with Gasteiger partial charge in [0.2, 0.25) is 0 Å². The molecule has 0 aromatic heterocycles. The van der Waals surface area contributed by atoms with Gasteiger partial charge in [0.1, 0.15) is 29.5 Å². The van der Waals surface area contributed by atoms with Crippen molar-refractivity contribution in [2.45, 2.75) is 50.0 Å². The van der Waals surface area contributed by atoms with Crippen LogP contribution >= 0.6 is 0 Å². The average molecular weight is 502 g/mol. The standard InChI is InChI=1S/C28H39NO7/c1-34-23-15-21(16-24(17-23)35-2)8-7-20-9-11-22(12-10-20)36-14-6-4-3-5-13-29-18-26(31)28(33)27(32)25(29)19-30/h7-12,15-17,25-28,30-33H,3-6,13-14,18-19H2,1-2H3/b8-7+/t25-,26+,27?,28-/m1/s1. The maximum absolute atomic E-state index is 10.1. The topological polar surface area (TPSA) is 112 Å². The van der Waals surface area contributed by atoms with Crippen LogP contribution in [0.3, 0.4) is 0 Å². The molecule has 0 aliphatic carbocycles. The zero-order valence-corrected chi connectivity index (χ0v) is 21.1. The molecule has 0 saturated carbocycles. The summed E-state index contributed by atoms with van der Waals surface area (Å²) >= 11 is 0. The molecule has 3 rings (SSSR count). The second-order valence-corrected chi connectivity index (χ2v) is 9.10. The van der Waals surface area contributed by atoms with E-state index in [1.165, 1.54) is 0 Å². The second-order valence-electron chi connectivity index (χ2n) is 9.10. The fourth-order valence-electron chi connectivity index (χ4n) is 4.39.